The lowest BCUT2D eigenvalue weighted by atomic mass is 10.0. The van der Waals surface area contributed by atoms with Crippen LogP contribution in [0.1, 0.15) is 5.69 Å². The molecule has 3 heterocycles. The summed E-state index contributed by atoms with van der Waals surface area (Å²) < 4.78 is 35.3. The van der Waals surface area contributed by atoms with Gasteiger partial charge < -0.3 is 14.2 Å². The van der Waals surface area contributed by atoms with Crippen molar-refractivity contribution in [3.8, 4) is 17.0 Å². The summed E-state index contributed by atoms with van der Waals surface area (Å²) in [5.41, 5.74) is 3.14. The first-order chi connectivity index (χ1) is 15.2. The number of methoxy groups -OCH3 is 1. The van der Waals surface area contributed by atoms with E-state index in [0.717, 1.165) is 12.1 Å². The van der Waals surface area contributed by atoms with Crippen molar-refractivity contribution < 1.29 is 23.8 Å². The summed E-state index contributed by atoms with van der Waals surface area (Å²) >= 11 is 10.1. The van der Waals surface area contributed by atoms with Gasteiger partial charge in [0.25, 0.3) is 11.6 Å². The van der Waals surface area contributed by atoms with Gasteiger partial charge in [-0.1, -0.05) is 17.7 Å². The zero-order valence-corrected chi connectivity index (χ0v) is 18.1. The summed E-state index contributed by atoms with van der Waals surface area (Å²) in [4.78, 5) is 8.00. The van der Waals surface area contributed by atoms with Gasteiger partial charge in [0.1, 0.15) is 24.3 Å². The highest BCUT2D eigenvalue weighted by Gasteiger charge is 2.33. The maximum Gasteiger partial charge on any atom is 0.283 e. The van der Waals surface area contributed by atoms with E-state index < -0.39 is 15.8 Å². The second-order valence-corrected chi connectivity index (χ2v) is 7.75. The minimum absolute atomic E-state index is 0.00705. The molecular formula is C20H17ClF2N5O3S+. The molecule has 0 saturated heterocycles. The molecule has 1 aromatic carbocycles. The van der Waals surface area contributed by atoms with Gasteiger partial charge in [0.05, 0.1) is 41.8 Å². The van der Waals surface area contributed by atoms with Gasteiger partial charge in [0, 0.05) is 28.2 Å². The molecule has 0 fully saturated rings. The van der Waals surface area contributed by atoms with E-state index in [9.17, 15) is 14.7 Å². The van der Waals surface area contributed by atoms with Crippen LogP contribution in [0.4, 0.5) is 20.2 Å². The Morgan fingerprint density at radius 1 is 1.25 bits per heavy atom. The van der Waals surface area contributed by atoms with Crippen LogP contribution >= 0.6 is 24.4 Å². The van der Waals surface area contributed by atoms with Gasteiger partial charge in [-0.3, -0.25) is 0 Å². The van der Waals surface area contributed by atoms with Crippen molar-refractivity contribution in [2.75, 3.05) is 12.5 Å². The smallest absolute Gasteiger partial charge is 0.283 e. The number of halogens is 3. The fourth-order valence-corrected chi connectivity index (χ4v) is 3.66. The first-order valence-electron chi connectivity index (χ1n) is 9.13. The number of hydrogen-bond donors (Lipinski definition) is 4. The van der Waals surface area contributed by atoms with Crippen LogP contribution in [0.25, 0.3) is 16.6 Å². The van der Waals surface area contributed by atoms with Crippen molar-refractivity contribution in [2.45, 2.75) is 6.61 Å². The Balaban J connectivity index is 1.77. The Morgan fingerprint density at radius 3 is 2.75 bits per heavy atom. The number of nitrogens with zero attached hydrogens (tertiary/aromatic N) is 4. The third-order valence-electron chi connectivity index (χ3n) is 4.74. The quantitative estimate of drug-likeness (QED) is 0.186. The molecule has 8 nitrogen and oxygen atoms in total. The molecule has 3 aromatic heterocycles. The van der Waals surface area contributed by atoms with Crippen molar-refractivity contribution in [3.63, 3.8) is 0 Å². The SMILES string of the molecule is COc1ncc(Cl)cc1[N+](O)(S)Nc1ccc(F)c(-c2ccc3c(CO)ncn3c2)c1F. The summed E-state index contributed by atoms with van der Waals surface area (Å²) in [6, 6.07) is 6.62. The molecule has 12 heteroatoms. The van der Waals surface area contributed by atoms with Crippen molar-refractivity contribution in [2.24, 2.45) is 0 Å². The molecule has 3 N–H and O–H groups in total. The highest BCUT2D eigenvalue weighted by molar-refractivity contribution is 7.79. The lowest BCUT2D eigenvalue weighted by molar-refractivity contribution is 0.0496. The lowest BCUT2D eigenvalue weighted by Crippen LogP contribution is -2.42. The van der Waals surface area contributed by atoms with Gasteiger partial charge in [-0.05, 0) is 18.2 Å². The Kier molecular flexibility index (Phi) is 5.93. The van der Waals surface area contributed by atoms with E-state index in [1.54, 1.807) is 10.5 Å². The minimum Gasteiger partial charge on any atom is -0.477 e. The van der Waals surface area contributed by atoms with Gasteiger partial charge >= 0.3 is 0 Å². The predicted octanol–water partition coefficient (Wildman–Crippen LogP) is 4.40. The van der Waals surface area contributed by atoms with Crippen LogP contribution in [-0.2, 0) is 6.61 Å². The summed E-state index contributed by atoms with van der Waals surface area (Å²) in [5, 5.41) is 20.3. The molecular weight excluding hydrogens is 464 g/mol. The zero-order chi connectivity index (χ0) is 23.0. The van der Waals surface area contributed by atoms with Crippen LogP contribution in [-0.4, -0.2) is 31.8 Å². The molecule has 4 rings (SSSR count). The molecule has 0 aliphatic heterocycles. The average molecular weight is 481 g/mol. The Hall–Kier alpha value is -2.96. The number of ether oxygens (including phenoxy) is 1. The number of aliphatic hydroxyl groups is 1. The number of nitrogens with one attached hydrogen (secondary N) is 1. The highest BCUT2D eigenvalue weighted by atomic mass is 35.5. The monoisotopic (exact) mass is 480 g/mol. The lowest BCUT2D eigenvalue weighted by Gasteiger charge is -2.24. The van der Waals surface area contributed by atoms with E-state index in [2.05, 4.69) is 28.2 Å². The highest BCUT2D eigenvalue weighted by Crippen LogP contribution is 2.37. The van der Waals surface area contributed by atoms with Gasteiger partial charge in [-0.15, -0.1) is 0 Å². The average Bonchev–Trinajstić information content (AvgIpc) is 3.18. The molecule has 4 aromatic rings. The number of aliphatic hydroxyl groups excluding tert-OH is 1. The Bertz CT molecular complexity index is 1320. The molecule has 1 unspecified atom stereocenters. The summed E-state index contributed by atoms with van der Waals surface area (Å²) in [7, 11) is 1.33. The minimum atomic E-state index is -1.38. The number of anilines is 1. The largest absolute Gasteiger partial charge is 0.477 e. The first-order valence-corrected chi connectivity index (χ1v) is 9.90. The number of aromatic nitrogens is 3. The summed E-state index contributed by atoms with van der Waals surface area (Å²) in [5.74, 6) is -1.79. The van der Waals surface area contributed by atoms with E-state index in [1.807, 2.05) is 0 Å². The van der Waals surface area contributed by atoms with Crippen molar-refractivity contribution >= 4 is 41.3 Å². The number of benzene rings is 1. The number of rotatable bonds is 6. The van der Waals surface area contributed by atoms with Gasteiger partial charge in [0.15, 0.2) is 5.82 Å². The van der Waals surface area contributed by atoms with Gasteiger partial charge in [0.2, 0.25) is 0 Å². The van der Waals surface area contributed by atoms with Crippen LogP contribution in [0.5, 0.6) is 5.88 Å². The molecule has 166 valence electrons. The third-order valence-corrected chi connectivity index (χ3v) is 5.27. The number of pyridine rings is 2. The predicted molar refractivity (Wildman–Crippen MR) is 118 cm³/mol. The normalized spacial score (nSPS) is 13.2. The molecule has 0 aliphatic rings. The number of thiol groups is 1. The van der Waals surface area contributed by atoms with E-state index in [0.29, 0.717) is 11.2 Å². The summed E-state index contributed by atoms with van der Waals surface area (Å²) in [6.45, 7) is -0.266. The number of imidazole rings is 1. The fourth-order valence-electron chi connectivity index (χ4n) is 3.25. The molecule has 32 heavy (non-hydrogen) atoms. The van der Waals surface area contributed by atoms with Gasteiger partial charge in [-0.2, -0.15) is 10.6 Å². The number of hydrogen-bond acceptors (Lipinski definition) is 7. The molecule has 0 amide bonds. The molecule has 0 bridgehead atoms. The van der Waals surface area contributed by atoms with E-state index >= 15 is 4.39 Å². The van der Waals surface area contributed by atoms with Crippen molar-refractivity contribution in [1.82, 2.24) is 18.5 Å². The third kappa shape index (κ3) is 3.96. The first kappa shape index (κ1) is 22.2. The molecule has 0 radical (unpaired) electrons. The van der Waals surface area contributed by atoms with Crippen LogP contribution in [0.3, 0.4) is 0 Å². The van der Waals surface area contributed by atoms with E-state index in [-0.39, 0.29) is 40.0 Å². The standard InChI is InChI=1S/C20H17ClF2N5O3S/c1-31-20-17(6-12(21)7-24-20)28(30,32)26-14-4-3-13(22)18(19(14)23)11-2-5-16-15(9-29)25-10-27(16)8-11/h2-8,10,26,29-30,32H,9H2,1H3/q+1. The molecule has 0 aliphatic carbocycles. The Morgan fingerprint density at radius 2 is 2.03 bits per heavy atom. The van der Waals surface area contributed by atoms with E-state index in [4.69, 9.17) is 16.3 Å². The van der Waals surface area contributed by atoms with Crippen molar-refractivity contribution in [1.29, 1.82) is 0 Å². The molecule has 0 spiro atoms. The maximum atomic E-state index is 15.4. The van der Waals surface area contributed by atoms with Crippen LogP contribution in [0, 0.1) is 11.6 Å². The Labute approximate surface area is 191 Å². The van der Waals surface area contributed by atoms with Gasteiger partial charge in [-0.25, -0.2) is 18.7 Å². The number of quaternary nitrogens is 1. The maximum absolute atomic E-state index is 15.4. The van der Waals surface area contributed by atoms with Crippen LogP contribution in [0.2, 0.25) is 5.02 Å². The van der Waals surface area contributed by atoms with Crippen LogP contribution in [0.15, 0.2) is 49.1 Å². The molecule has 1 atom stereocenters. The van der Waals surface area contributed by atoms with E-state index in [1.165, 1.54) is 38.0 Å². The molecule has 0 saturated carbocycles. The zero-order valence-electron chi connectivity index (χ0n) is 16.5. The van der Waals surface area contributed by atoms with Crippen LogP contribution < -0.4 is 14.3 Å². The second kappa shape index (κ2) is 8.52. The summed E-state index contributed by atoms with van der Waals surface area (Å²) in [6.07, 6.45) is 4.23. The fraction of sp³-hybridized carbons (Fsp3) is 0.100. The topological polar surface area (TPSA) is 91.9 Å². The second-order valence-electron chi connectivity index (χ2n) is 6.74. The van der Waals surface area contributed by atoms with Crippen molar-refractivity contribution in [3.05, 3.63) is 71.4 Å². The number of fused-ring (bicyclic) bond motifs is 1.